The highest BCUT2D eigenvalue weighted by molar-refractivity contribution is 8.07. The summed E-state index contributed by atoms with van der Waals surface area (Å²) in [5, 5.41) is 0.0683. The molecule has 0 aromatic heterocycles. The van der Waals surface area contributed by atoms with Crippen LogP contribution < -0.4 is 18.6 Å². The summed E-state index contributed by atoms with van der Waals surface area (Å²) in [6.45, 7) is 11.8. The van der Waals surface area contributed by atoms with Crippen LogP contribution in [-0.2, 0) is 5.75 Å². The maximum absolute atomic E-state index is 6.87. The molecule has 0 spiro atoms. The van der Waals surface area contributed by atoms with Gasteiger partial charge in [0.25, 0.3) is 8.32 Å². The van der Waals surface area contributed by atoms with E-state index in [1.165, 1.54) is 10.5 Å². The van der Waals surface area contributed by atoms with Gasteiger partial charge in [-0.3, -0.25) is 0 Å². The van der Waals surface area contributed by atoms with Gasteiger partial charge in [0.05, 0.1) is 14.2 Å². The average molecular weight is 521 g/mol. The summed E-state index contributed by atoms with van der Waals surface area (Å²) < 4.78 is 24.2. The van der Waals surface area contributed by atoms with E-state index in [0.29, 0.717) is 6.61 Å². The van der Waals surface area contributed by atoms with Gasteiger partial charge in [-0.1, -0.05) is 51.1 Å². The van der Waals surface area contributed by atoms with E-state index in [2.05, 4.69) is 76.3 Å². The SMILES string of the molecule is COc1ccc(C2=C(SCc3ccccc3)c3ccc(OC)cc3OC2)c(O[Si](C)(C)C(C)(C)C)c1. The van der Waals surface area contributed by atoms with Gasteiger partial charge >= 0.3 is 0 Å². The second kappa shape index (κ2) is 10.6. The van der Waals surface area contributed by atoms with Gasteiger partial charge in [0.2, 0.25) is 0 Å². The fourth-order valence-electron chi connectivity index (χ4n) is 3.80. The first-order chi connectivity index (χ1) is 17.1. The minimum absolute atomic E-state index is 0.0683. The zero-order valence-electron chi connectivity index (χ0n) is 22.3. The van der Waals surface area contributed by atoms with Crippen LogP contribution in [0, 0.1) is 0 Å². The number of thioether (sulfide) groups is 1. The highest BCUT2D eigenvalue weighted by atomic mass is 32.2. The summed E-state index contributed by atoms with van der Waals surface area (Å²) in [5.41, 5.74) is 4.54. The maximum Gasteiger partial charge on any atom is 0.250 e. The summed E-state index contributed by atoms with van der Waals surface area (Å²) in [4.78, 5) is 1.20. The largest absolute Gasteiger partial charge is 0.543 e. The lowest BCUT2D eigenvalue weighted by atomic mass is 9.99. The Bertz CT molecular complexity index is 1250. The van der Waals surface area contributed by atoms with Crippen molar-refractivity contribution >= 4 is 30.6 Å². The van der Waals surface area contributed by atoms with Crippen molar-refractivity contribution in [3.63, 3.8) is 0 Å². The molecule has 4 rings (SSSR count). The number of benzene rings is 3. The van der Waals surface area contributed by atoms with Crippen molar-refractivity contribution in [2.75, 3.05) is 20.8 Å². The van der Waals surface area contributed by atoms with E-state index in [0.717, 1.165) is 45.5 Å². The molecule has 0 aliphatic carbocycles. The Morgan fingerprint density at radius 1 is 0.861 bits per heavy atom. The third kappa shape index (κ3) is 5.60. The lowest BCUT2D eigenvalue weighted by Crippen LogP contribution is -2.44. The zero-order valence-corrected chi connectivity index (χ0v) is 24.1. The summed E-state index contributed by atoms with van der Waals surface area (Å²) in [6.07, 6.45) is 0. The molecule has 0 fully saturated rings. The van der Waals surface area contributed by atoms with E-state index < -0.39 is 8.32 Å². The third-order valence-corrected chi connectivity index (χ3v) is 12.6. The van der Waals surface area contributed by atoms with E-state index in [1.54, 1.807) is 14.2 Å². The normalized spacial score (nSPS) is 13.6. The molecule has 3 aromatic carbocycles. The van der Waals surface area contributed by atoms with Crippen LogP contribution in [0.3, 0.4) is 0 Å². The number of hydrogen-bond donors (Lipinski definition) is 0. The van der Waals surface area contributed by atoms with Crippen LogP contribution in [0.5, 0.6) is 23.0 Å². The smallest absolute Gasteiger partial charge is 0.250 e. The van der Waals surface area contributed by atoms with Crippen LogP contribution >= 0.6 is 11.8 Å². The molecule has 0 unspecified atom stereocenters. The second-order valence-corrected chi connectivity index (χ2v) is 16.2. The molecule has 1 aliphatic heterocycles. The number of fused-ring (bicyclic) bond motifs is 1. The molecule has 0 bridgehead atoms. The molecule has 0 saturated heterocycles. The van der Waals surface area contributed by atoms with E-state index in [-0.39, 0.29) is 5.04 Å². The number of ether oxygens (including phenoxy) is 3. The number of hydrogen-bond acceptors (Lipinski definition) is 5. The van der Waals surface area contributed by atoms with Crippen molar-refractivity contribution in [3.8, 4) is 23.0 Å². The van der Waals surface area contributed by atoms with Gasteiger partial charge in [0, 0.05) is 39.5 Å². The van der Waals surface area contributed by atoms with Crippen LogP contribution in [-0.4, -0.2) is 29.1 Å². The van der Waals surface area contributed by atoms with Gasteiger partial charge in [-0.15, -0.1) is 11.8 Å². The molecular weight excluding hydrogens is 484 g/mol. The summed E-state index contributed by atoms with van der Waals surface area (Å²) in [7, 11) is 1.28. The molecule has 3 aromatic rings. The van der Waals surface area contributed by atoms with E-state index in [9.17, 15) is 0 Å². The van der Waals surface area contributed by atoms with Gasteiger partial charge in [-0.05, 0) is 48.0 Å². The Morgan fingerprint density at radius 2 is 1.50 bits per heavy atom. The molecule has 1 heterocycles. The van der Waals surface area contributed by atoms with Crippen molar-refractivity contribution < 1.29 is 18.6 Å². The van der Waals surface area contributed by atoms with Crippen LogP contribution in [0.4, 0.5) is 0 Å². The molecule has 4 nitrogen and oxygen atoms in total. The molecule has 6 heteroatoms. The van der Waals surface area contributed by atoms with E-state index in [1.807, 2.05) is 36.0 Å². The van der Waals surface area contributed by atoms with Gasteiger partial charge < -0.3 is 18.6 Å². The fourth-order valence-corrected chi connectivity index (χ4v) is 6.00. The standard InChI is InChI=1S/C30H36O4SSi/c1-30(2,3)36(6,7)34-28-18-23(32-5)13-15-24(28)26-19-33-27-17-22(31-4)14-16-25(27)29(26)35-20-21-11-9-8-10-12-21/h8-18H,19-20H2,1-7H3. The first-order valence-electron chi connectivity index (χ1n) is 12.2. The Kier molecular flexibility index (Phi) is 7.76. The highest BCUT2D eigenvalue weighted by Gasteiger charge is 2.40. The predicted octanol–water partition coefficient (Wildman–Crippen LogP) is 8.28. The molecule has 0 saturated carbocycles. The van der Waals surface area contributed by atoms with E-state index in [4.69, 9.17) is 18.6 Å². The molecule has 0 N–H and O–H groups in total. The van der Waals surface area contributed by atoms with Crippen LogP contribution in [0.1, 0.15) is 37.5 Å². The molecule has 0 radical (unpaired) electrons. The number of rotatable bonds is 8. The lowest BCUT2D eigenvalue weighted by molar-refractivity contribution is 0.358. The monoisotopic (exact) mass is 520 g/mol. The Morgan fingerprint density at radius 3 is 2.14 bits per heavy atom. The Balaban J connectivity index is 1.85. The fraction of sp³-hybridized carbons (Fsp3) is 0.333. The minimum atomic E-state index is -2.10. The van der Waals surface area contributed by atoms with E-state index >= 15 is 0 Å². The van der Waals surface area contributed by atoms with Crippen molar-refractivity contribution in [2.24, 2.45) is 0 Å². The molecular formula is C30H36O4SSi. The summed E-state index contributed by atoms with van der Waals surface area (Å²) in [6, 6.07) is 22.8. The molecule has 36 heavy (non-hydrogen) atoms. The topological polar surface area (TPSA) is 36.9 Å². The Labute approximate surface area is 220 Å². The molecule has 1 aliphatic rings. The second-order valence-electron chi connectivity index (χ2n) is 10.5. The van der Waals surface area contributed by atoms with Crippen LogP contribution in [0.2, 0.25) is 18.1 Å². The van der Waals surface area contributed by atoms with Gasteiger partial charge in [-0.25, -0.2) is 0 Å². The van der Waals surface area contributed by atoms with Gasteiger partial charge in [0.1, 0.15) is 29.6 Å². The predicted molar refractivity (Wildman–Crippen MR) is 154 cm³/mol. The van der Waals surface area contributed by atoms with Crippen molar-refractivity contribution in [1.82, 2.24) is 0 Å². The quantitative estimate of drug-likeness (QED) is 0.279. The summed E-state index contributed by atoms with van der Waals surface area (Å²) >= 11 is 1.84. The highest BCUT2D eigenvalue weighted by Crippen LogP contribution is 2.48. The first-order valence-corrected chi connectivity index (χ1v) is 16.1. The lowest BCUT2D eigenvalue weighted by Gasteiger charge is -2.37. The maximum atomic E-state index is 6.87. The zero-order chi connectivity index (χ0) is 25.9. The number of methoxy groups -OCH3 is 2. The van der Waals surface area contributed by atoms with Crippen LogP contribution in [0.15, 0.2) is 66.7 Å². The van der Waals surface area contributed by atoms with Crippen molar-refractivity contribution in [2.45, 2.75) is 44.7 Å². The molecule has 0 atom stereocenters. The van der Waals surface area contributed by atoms with Crippen molar-refractivity contribution in [1.29, 1.82) is 0 Å². The first kappa shape index (κ1) is 26.2. The summed E-state index contributed by atoms with van der Waals surface area (Å²) in [5.74, 6) is 4.13. The molecule has 0 amide bonds. The van der Waals surface area contributed by atoms with Gasteiger partial charge in [-0.2, -0.15) is 0 Å². The molecule has 190 valence electrons. The Hall–Kier alpha value is -2.83. The average Bonchev–Trinajstić information content (AvgIpc) is 2.86. The minimum Gasteiger partial charge on any atom is -0.543 e. The third-order valence-electron chi connectivity index (χ3n) is 6.99. The van der Waals surface area contributed by atoms with Crippen LogP contribution in [0.25, 0.3) is 10.5 Å². The van der Waals surface area contributed by atoms with Crippen molar-refractivity contribution in [3.05, 3.63) is 83.4 Å². The van der Waals surface area contributed by atoms with Gasteiger partial charge in [0.15, 0.2) is 0 Å².